The fourth-order valence-corrected chi connectivity index (χ4v) is 1.40. The van der Waals surface area contributed by atoms with Gasteiger partial charge in [-0.2, -0.15) is 0 Å². The van der Waals surface area contributed by atoms with Gasteiger partial charge in [-0.05, 0) is 36.4 Å². The van der Waals surface area contributed by atoms with E-state index >= 15 is 0 Å². The van der Waals surface area contributed by atoms with Crippen LogP contribution in [0.5, 0.6) is 0 Å². The van der Waals surface area contributed by atoms with E-state index in [0.29, 0.717) is 11.4 Å². The second-order valence-corrected chi connectivity index (χ2v) is 4.16. The molecule has 0 saturated carbocycles. The molecule has 96 valence electrons. The van der Waals surface area contributed by atoms with Crippen molar-refractivity contribution in [3.05, 3.63) is 58.1 Å². The van der Waals surface area contributed by atoms with E-state index in [1.54, 1.807) is 0 Å². The van der Waals surface area contributed by atoms with Crippen molar-refractivity contribution in [1.29, 1.82) is 0 Å². The van der Waals surface area contributed by atoms with E-state index in [-0.39, 0.29) is 10.0 Å². The zero-order chi connectivity index (χ0) is 13.7. The third-order valence-electron chi connectivity index (χ3n) is 1.89. The van der Waals surface area contributed by atoms with Crippen molar-refractivity contribution in [2.45, 2.75) is 0 Å². The molecule has 6 heteroatoms. The zero-order valence-corrected chi connectivity index (χ0v) is 10.6. The van der Waals surface area contributed by atoms with E-state index in [1.165, 1.54) is 36.4 Å². The number of hydrogen-bond acceptors (Lipinski definition) is 2. The van der Waals surface area contributed by atoms with E-state index in [0.717, 1.165) is 0 Å². The Labute approximate surface area is 113 Å². The van der Waals surface area contributed by atoms with Crippen molar-refractivity contribution in [1.82, 2.24) is 0 Å². The molecule has 0 atom stereocenters. The first-order valence-electron chi connectivity index (χ1n) is 4.81. The van der Waals surface area contributed by atoms with Crippen LogP contribution in [0.2, 0.25) is 10.0 Å². The normalized spacial score (nSPS) is 9.56. The van der Waals surface area contributed by atoms with Crippen molar-refractivity contribution in [3.8, 4) is 0 Å². The molecule has 0 unspecified atom stereocenters. The maximum atomic E-state index is 12.3. The molecule has 0 saturated heterocycles. The van der Waals surface area contributed by atoms with Gasteiger partial charge < -0.3 is 11.5 Å². The van der Waals surface area contributed by atoms with E-state index in [2.05, 4.69) is 0 Å². The van der Waals surface area contributed by atoms with Crippen LogP contribution in [0.25, 0.3) is 0 Å². The van der Waals surface area contributed by atoms with Crippen LogP contribution >= 0.6 is 23.2 Å². The monoisotopic (exact) mass is 290 g/mol. The summed E-state index contributed by atoms with van der Waals surface area (Å²) in [4.78, 5) is 0. The van der Waals surface area contributed by atoms with Crippen molar-refractivity contribution in [3.63, 3.8) is 0 Å². The highest BCUT2D eigenvalue weighted by atomic mass is 35.5. The van der Waals surface area contributed by atoms with Gasteiger partial charge in [0.25, 0.3) is 0 Å². The Morgan fingerprint density at radius 3 is 1.28 bits per heavy atom. The van der Waals surface area contributed by atoms with Crippen molar-refractivity contribution in [2.24, 2.45) is 0 Å². The molecule has 0 radical (unpaired) electrons. The van der Waals surface area contributed by atoms with Crippen LogP contribution in [0, 0.1) is 11.6 Å². The van der Waals surface area contributed by atoms with Crippen LogP contribution < -0.4 is 11.5 Å². The highest BCUT2D eigenvalue weighted by Crippen LogP contribution is 2.17. The van der Waals surface area contributed by atoms with Gasteiger partial charge in [0, 0.05) is 11.4 Å². The van der Waals surface area contributed by atoms with Crippen LogP contribution in [-0.4, -0.2) is 0 Å². The number of hydrogen-bond donors (Lipinski definition) is 2. The maximum absolute atomic E-state index is 12.3. The second-order valence-electron chi connectivity index (χ2n) is 3.35. The lowest BCUT2D eigenvalue weighted by atomic mass is 10.3. The van der Waals surface area contributed by atoms with Crippen LogP contribution in [0.1, 0.15) is 0 Å². The molecular formula is C12H10Cl2F2N2. The fourth-order valence-electron chi connectivity index (χ4n) is 1.02. The van der Waals surface area contributed by atoms with Crippen molar-refractivity contribution < 1.29 is 8.78 Å². The smallest absolute Gasteiger partial charge is 0.141 e. The summed E-state index contributed by atoms with van der Waals surface area (Å²) in [5.74, 6) is -0.878. The standard InChI is InChI=1S/2C6H5ClFN/c2*7-5-3-4(9)1-2-6(5)8/h2*1-3H,9H2. The quantitative estimate of drug-likeness (QED) is 0.717. The molecule has 0 bridgehead atoms. The number of nitrogen functional groups attached to an aromatic ring is 2. The molecule has 2 nitrogen and oxygen atoms in total. The summed E-state index contributed by atoms with van der Waals surface area (Å²) < 4.78 is 24.6. The SMILES string of the molecule is Nc1ccc(F)c(Cl)c1.Nc1ccc(F)c(Cl)c1. The fraction of sp³-hybridized carbons (Fsp3) is 0. The molecule has 0 amide bonds. The Morgan fingerprint density at radius 2 is 1.06 bits per heavy atom. The summed E-state index contributed by atoms with van der Waals surface area (Å²) >= 11 is 10.7. The predicted octanol–water partition coefficient (Wildman–Crippen LogP) is 4.12. The molecule has 18 heavy (non-hydrogen) atoms. The molecule has 0 spiro atoms. The lowest BCUT2D eigenvalue weighted by Crippen LogP contribution is -1.84. The third kappa shape index (κ3) is 4.39. The molecule has 0 aliphatic rings. The summed E-state index contributed by atoms with van der Waals surface area (Å²) in [6.45, 7) is 0. The number of anilines is 2. The van der Waals surface area contributed by atoms with E-state index in [4.69, 9.17) is 34.7 Å². The van der Waals surface area contributed by atoms with Crippen molar-refractivity contribution >= 4 is 34.6 Å². The molecule has 0 aromatic heterocycles. The Hall–Kier alpha value is -1.52. The van der Waals surface area contributed by atoms with Gasteiger partial charge in [0.1, 0.15) is 11.6 Å². The largest absolute Gasteiger partial charge is 0.399 e. The number of nitrogens with two attached hydrogens (primary N) is 2. The zero-order valence-electron chi connectivity index (χ0n) is 9.13. The first kappa shape index (κ1) is 14.5. The summed E-state index contributed by atoms with van der Waals surface area (Å²) in [5.41, 5.74) is 11.5. The molecule has 4 N–H and O–H groups in total. The lowest BCUT2D eigenvalue weighted by Gasteiger charge is -1.93. The average Bonchev–Trinajstić information content (AvgIpc) is 2.30. The molecule has 0 aliphatic carbocycles. The maximum Gasteiger partial charge on any atom is 0.141 e. The summed E-state index contributed by atoms with van der Waals surface area (Å²) in [6, 6.07) is 8.13. The highest BCUT2D eigenvalue weighted by Gasteiger charge is 1.96. The van der Waals surface area contributed by atoms with Gasteiger partial charge in [-0.15, -0.1) is 0 Å². The molecule has 2 aromatic rings. The Bertz CT molecular complexity index is 498. The van der Waals surface area contributed by atoms with Gasteiger partial charge in [0.05, 0.1) is 10.0 Å². The second kappa shape index (κ2) is 6.42. The third-order valence-corrected chi connectivity index (χ3v) is 2.47. The van der Waals surface area contributed by atoms with E-state index in [1.807, 2.05) is 0 Å². The number of halogens is 4. The topological polar surface area (TPSA) is 52.0 Å². The van der Waals surface area contributed by atoms with Gasteiger partial charge in [0.15, 0.2) is 0 Å². The van der Waals surface area contributed by atoms with Crippen LogP contribution in [-0.2, 0) is 0 Å². The van der Waals surface area contributed by atoms with Gasteiger partial charge in [-0.1, -0.05) is 23.2 Å². The van der Waals surface area contributed by atoms with E-state index in [9.17, 15) is 8.78 Å². The van der Waals surface area contributed by atoms with Gasteiger partial charge in [-0.25, -0.2) is 8.78 Å². The van der Waals surface area contributed by atoms with Gasteiger partial charge in [0.2, 0.25) is 0 Å². The summed E-state index contributed by atoms with van der Waals surface area (Å²) in [6.07, 6.45) is 0. The van der Waals surface area contributed by atoms with Crippen molar-refractivity contribution in [2.75, 3.05) is 11.5 Å². The van der Waals surface area contributed by atoms with Gasteiger partial charge >= 0.3 is 0 Å². The first-order chi connectivity index (χ1) is 8.40. The minimum Gasteiger partial charge on any atom is -0.399 e. The Morgan fingerprint density at radius 1 is 0.722 bits per heavy atom. The summed E-state index contributed by atoms with van der Waals surface area (Å²) in [7, 11) is 0. The minimum absolute atomic E-state index is 0.0648. The molecule has 0 heterocycles. The number of benzene rings is 2. The average molecular weight is 291 g/mol. The Kier molecular flexibility index (Phi) is 5.19. The minimum atomic E-state index is -0.439. The van der Waals surface area contributed by atoms with Crippen LogP contribution in [0.15, 0.2) is 36.4 Å². The molecule has 0 fully saturated rings. The molecule has 2 aromatic carbocycles. The highest BCUT2D eigenvalue weighted by molar-refractivity contribution is 6.31. The Balaban J connectivity index is 0.000000180. The van der Waals surface area contributed by atoms with Crippen LogP contribution in [0.3, 0.4) is 0 Å². The molecule has 2 rings (SSSR count). The predicted molar refractivity (Wildman–Crippen MR) is 71.6 cm³/mol. The molecular weight excluding hydrogens is 281 g/mol. The summed E-state index contributed by atoms with van der Waals surface area (Å²) in [5, 5.41) is 0.130. The first-order valence-corrected chi connectivity index (χ1v) is 5.57. The number of rotatable bonds is 0. The van der Waals surface area contributed by atoms with Gasteiger partial charge in [-0.3, -0.25) is 0 Å². The lowest BCUT2D eigenvalue weighted by molar-refractivity contribution is 0.628. The molecule has 0 aliphatic heterocycles. The van der Waals surface area contributed by atoms with E-state index < -0.39 is 11.6 Å². The van der Waals surface area contributed by atoms with Crippen LogP contribution in [0.4, 0.5) is 20.2 Å².